The second-order valence-corrected chi connectivity index (χ2v) is 10.1. The Kier molecular flexibility index (Phi) is 10.8. The van der Waals surface area contributed by atoms with Crippen LogP contribution in [0.1, 0.15) is 68.7 Å². The molecule has 7 heteroatoms. The first-order chi connectivity index (χ1) is 18.3. The number of ether oxygens (including phenoxy) is 2. The lowest BCUT2D eigenvalue weighted by molar-refractivity contribution is -0.140. The molecule has 1 heterocycles. The minimum absolute atomic E-state index is 0.101. The maximum Gasteiger partial charge on any atom is 0.295 e. The molecule has 1 amide bonds. The summed E-state index contributed by atoms with van der Waals surface area (Å²) in [4.78, 5) is 30.0. The van der Waals surface area contributed by atoms with Crippen LogP contribution in [0.5, 0.6) is 11.5 Å². The normalized spacial score (nSPS) is 16.9. The molecule has 1 atom stereocenters. The van der Waals surface area contributed by atoms with Gasteiger partial charge in [-0.2, -0.15) is 0 Å². The van der Waals surface area contributed by atoms with Crippen molar-refractivity contribution < 1.29 is 24.2 Å². The van der Waals surface area contributed by atoms with Gasteiger partial charge in [-0.25, -0.2) is 0 Å². The number of hydrogen-bond acceptors (Lipinski definition) is 6. The van der Waals surface area contributed by atoms with E-state index in [1.54, 1.807) is 17.0 Å². The molecule has 38 heavy (non-hydrogen) atoms. The molecule has 1 aliphatic heterocycles. The quantitative estimate of drug-likeness (QED) is 0.148. The minimum Gasteiger partial charge on any atom is -0.507 e. The summed E-state index contributed by atoms with van der Waals surface area (Å²) >= 11 is 0. The van der Waals surface area contributed by atoms with Crippen LogP contribution < -0.4 is 9.47 Å². The number of carbonyl (C=O) groups is 2. The Morgan fingerprint density at radius 3 is 2.26 bits per heavy atom. The Labute approximate surface area is 227 Å². The van der Waals surface area contributed by atoms with E-state index >= 15 is 0 Å². The van der Waals surface area contributed by atoms with E-state index in [2.05, 4.69) is 13.8 Å². The van der Waals surface area contributed by atoms with Crippen molar-refractivity contribution in [2.24, 2.45) is 0 Å². The van der Waals surface area contributed by atoms with E-state index in [9.17, 15) is 14.7 Å². The molecule has 1 N–H and O–H groups in total. The number of nitrogens with zero attached hydrogens (tertiary/aromatic N) is 2. The van der Waals surface area contributed by atoms with Crippen LogP contribution in [-0.4, -0.2) is 67.0 Å². The summed E-state index contributed by atoms with van der Waals surface area (Å²) in [6.45, 7) is 8.38. The first-order valence-electron chi connectivity index (χ1n) is 13.7. The Hall–Kier alpha value is -3.32. The fraction of sp³-hybridized carbons (Fsp3) is 0.484. The number of aryl methyl sites for hydroxylation is 1. The molecule has 1 aliphatic rings. The summed E-state index contributed by atoms with van der Waals surface area (Å²) in [5.41, 5.74) is 2.19. The van der Waals surface area contributed by atoms with Crippen molar-refractivity contribution in [2.45, 2.75) is 58.9 Å². The van der Waals surface area contributed by atoms with Gasteiger partial charge in [0, 0.05) is 18.7 Å². The predicted molar refractivity (Wildman–Crippen MR) is 151 cm³/mol. The molecule has 0 spiro atoms. The zero-order valence-corrected chi connectivity index (χ0v) is 23.5. The Bertz CT molecular complexity index is 1120. The van der Waals surface area contributed by atoms with E-state index in [0.29, 0.717) is 31.9 Å². The average molecular weight is 523 g/mol. The second-order valence-electron chi connectivity index (χ2n) is 10.1. The van der Waals surface area contributed by atoms with Crippen LogP contribution in [-0.2, 0) is 9.59 Å². The van der Waals surface area contributed by atoms with Gasteiger partial charge in [-0.3, -0.25) is 9.59 Å². The molecule has 7 nitrogen and oxygen atoms in total. The van der Waals surface area contributed by atoms with Crippen molar-refractivity contribution in [3.05, 3.63) is 64.7 Å². The van der Waals surface area contributed by atoms with Gasteiger partial charge >= 0.3 is 0 Å². The number of carbonyl (C=O) groups excluding carboxylic acids is 2. The summed E-state index contributed by atoms with van der Waals surface area (Å²) < 4.78 is 11.7. The molecule has 1 unspecified atom stereocenters. The average Bonchev–Trinajstić information content (AvgIpc) is 3.15. The number of benzene rings is 2. The van der Waals surface area contributed by atoms with Gasteiger partial charge in [0.25, 0.3) is 11.7 Å². The molecule has 1 saturated heterocycles. The third-order valence-corrected chi connectivity index (χ3v) is 6.74. The van der Waals surface area contributed by atoms with Crippen LogP contribution in [0.2, 0.25) is 0 Å². The lowest BCUT2D eigenvalue weighted by Gasteiger charge is -2.26. The molecular weight excluding hydrogens is 480 g/mol. The minimum atomic E-state index is -0.690. The van der Waals surface area contributed by atoms with Gasteiger partial charge in [0.05, 0.1) is 24.8 Å². The predicted octanol–water partition coefficient (Wildman–Crippen LogP) is 5.73. The van der Waals surface area contributed by atoms with Gasteiger partial charge in [0.1, 0.15) is 17.3 Å². The van der Waals surface area contributed by atoms with E-state index in [-0.39, 0.29) is 11.3 Å². The first kappa shape index (κ1) is 29.2. The monoisotopic (exact) mass is 522 g/mol. The maximum atomic E-state index is 13.3. The van der Waals surface area contributed by atoms with Crippen molar-refractivity contribution >= 4 is 17.4 Å². The fourth-order valence-corrected chi connectivity index (χ4v) is 4.49. The van der Waals surface area contributed by atoms with Gasteiger partial charge in [-0.1, -0.05) is 45.2 Å². The van der Waals surface area contributed by atoms with Crippen molar-refractivity contribution in [3.63, 3.8) is 0 Å². The third kappa shape index (κ3) is 7.16. The second kappa shape index (κ2) is 14.0. The highest BCUT2D eigenvalue weighted by atomic mass is 16.5. The van der Waals surface area contributed by atoms with Gasteiger partial charge in [-0.15, -0.1) is 0 Å². The molecule has 2 aromatic rings. The fourth-order valence-electron chi connectivity index (χ4n) is 4.49. The molecule has 1 fully saturated rings. The third-order valence-electron chi connectivity index (χ3n) is 6.74. The van der Waals surface area contributed by atoms with Crippen LogP contribution >= 0.6 is 0 Å². The van der Waals surface area contributed by atoms with Crippen LogP contribution in [0.3, 0.4) is 0 Å². The molecule has 3 rings (SSSR count). The van der Waals surface area contributed by atoms with E-state index in [4.69, 9.17) is 9.47 Å². The number of likely N-dealkylation sites (N-methyl/N-ethyl adjacent to an activating group) is 1. The Balaban J connectivity index is 1.97. The highest BCUT2D eigenvalue weighted by molar-refractivity contribution is 6.46. The standard InChI is InChI=1S/C31H42N2O5/c1-6-8-10-20-37-25-14-11-23(12-15-25)28-27(30(35)31(36)33(28)18-17-32(4)5)29(34)24-13-16-26(22(3)21-24)38-19-9-7-2/h11-16,21,28,34H,6-10,17-20H2,1-5H3/b29-27+. The largest absolute Gasteiger partial charge is 0.507 e. The molecule has 0 saturated carbocycles. The number of aliphatic hydroxyl groups excluding tert-OH is 1. The summed E-state index contributed by atoms with van der Waals surface area (Å²) in [7, 11) is 3.84. The van der Waals surface area contributed by atoms with Gasteiger partial charge in [0.2, 0.25) is 0 Å². The zero-order chi connectivity index (χ0) is 27.7. The lowest BCUT2D eigenvalue weighted by atomic mass is 9.94. The topological polar surface area (TPSA) is 79.3 Å². The van der Waals surface area contributed by atoms with E-state index in [1.807, 2.05) is 56.3 Å². The van der Waals surface area contributed by atoms with Crippen LogP contribution in [0, 0.1) is 6.92 Å². The van der Waals surface area contributed by atoms with E-state index in [1.165, 1.54) is 0 Å². The summed E-state index contributed by atoms with van der Waals surface area (Å²) in [5, 5.41) is 11.4. The number of Topliss-reactive ketones (excluding diaryl/α,β-unsaturated/α-hetero) is 1. The van der Waals surface area contributed by atoms with Crippen molar-refractivity contribution in [1.82, 2.24) is 9.80 Å². The Morgan fingerprint density at radius 1 is 0.947 bits per heavy atom. The van der Waals surface area contributed by atoms with Gasteiger partial charge in [-0.05, 0) is 75.3 Å². The van der Waals surface area contributed by atoms with Gasteiger partial charge < -0.3 is 24.4 Å². The highest BCUT2D eigenvalue weighted by Crippen LogP contribution is 2.40. The highest BCUT2D eigenvalue weighted by Gasteiger charge is 2.45. The first-order valence-corrected chi connectivity index (χ1v) is 13.7. The van der Waals surface area contributed by atoms with Crippen LogP contribution in [0.15, 0.2) is 48.0 Å². The van der Waals surface area contributed by atoms with Gasteiger partial charge in [0.15, 0.2) is 0 Å². The number of aliphatic hydroxyl groups is 1. The summed E-state index contributed by atoms with van der Waals surface area (Å²) in [5.74, 6) is 0.0299. The molecule has 0 radical (unpaired) electrons. The number of likely N-dealkylation sites (tertiary alicyclic amines) is 1. The SMILES string of the molecule is CCCCCOc1ccc(C2/C(=C(\O)c3ccc(OCCCC)c(C)c3)C(=O)C(=O)N2CCN(C)C)cc1. The number of amides is 1. The van der Waals surface area contributed by atoms with Crippen molar-refractivity contribution in [3.8, 4) is 11.5 Å². The molecule has 0 bridgehead atoms. The number of unbranched alkanes of at least 4 members (excludes halogenated alkanes) is 3. The van der Waals surface area contributed by atoms with Crippen molar-refractivity contribution in [2.75, 3.05) is 40.4 Å². The Morgan fingerprint density at radius 2 is 1.63 bits per heavy atom. The molecule has 0 aliphatic carbocycles. The van der Waals surface area contributed by atoms with Crippen LogP contribution in [0.25, 0.3) is 5.76 Å². The smallest absolute Gasteiger partial charge is 0.295 e. The molecule has 0 aromatic heterocycles. The molecule has 2 aromatic carbocycles. The molecule has 206 valence electrons. The number of rotatable bonds is 14. The van der Waals surface area contributed by atoms with Crippen molar-refractivity contribution in [1.29, 1.82) is 0 Å². The summed E-state index contributed by atoms with van der Waals surface area (Å²) in [6, 6.07) is 12.1. The zero-order valence-electron chi connectivity index (χ0n) is 23.5. The maximum absolute atomic E-state index is 13.3. The van der Waals surface area contributed by atoms with E-state index < -0.39 is 17.7 Å². The number of ketones is 1. The summed E-state index contributed by atoms with van der Waals surface area (Å²) in [6.07, 6.45) is 5.23. The van der Waals surface area contributed by atoms with Crippen LogP contribution in [0.4, 0.5) is 0 Å². The lowest BCUT2D eigenvalue weighted by Crippen LogP contribution is -2.35. The number of hydrogen-bond donors (Lipinski definition) is 1. The van der Waals surface area contributed by atoms with E-state index in [0.717, 1.165) is 54.7 Å². The molecular formula is C31H42N2O5.